The molecule has 0 aromatic heterocycles. The van der Waals surface area contributed by atoms with E-state index >= 15 is 0 Å². The molecule has 0 aliphatic heterocycles. The SMILES string of the molecule is CCCCNC(=O)[C@@H](CC)N(Cc1ccc(Cl)cc1Cl)C(=O)CN(c1ccccc1)S(=O)(=O)c1ccc(OC)cc1. The summed E-state index contributed by atoms with van der Waals surface area (Å²) >= 11 is 12.5. The molecule has 0 saturated carbocycles. The van der Waals surface area contributed by atoms with Crippen molar-refractivity contribution in [3.05, 3.63) is 88.4 Å². The van der Waals surface area contributed by atoms with E-state index < -0.39 is 28.5 Å². The van der Waals surface area contributed by atoms with Crippen LogP contribution in [0.2, 0.25) is 10.0 Å². The van der Waals surface area contributed by atoms with Crippen molar-refractivity contribution in [2.75, 3.05) is 24.5 Å². The number of unbranched alkanes of at least 4 members (excludes halogenated alkanes) is 1. The summed E-state index contributed by atoms with van der Waals surface area (Å²) in [6.07, 6.45) is 2.00. The maximum absolute atomic E-state index is 14.1. The van der Waals surface area contributed by atoms with Gasteiger partial charge < -0.3 is 15.0 Å². The Morgan fingerprint density at radius 2 is 1.66 bits per heavy atom. The molecule has 0 aliphatic rings. The number of benzene rings is 3. The third-order valence-corrected chi connectivity index (χ3v) is 8.92. The Kier molecular flexibility index (Phi) is 11.9. The number of nitrogens with zero attached hydrogens (tertiary/aromatic N) is 2. The zero-order valence-electron chi connectivity index (χ0n) is 23.3. The second kappa shape index (κ2) is 15.1. The molecule has 3 aromatic rings. The van der Waals surface area contributed by atoms with Gasteiger partial charge in [-0.25, -0.2) is 8.42 Å². The zero-order chi connectivity index (χ0) is 30.0. The van der Waals surface area contributed by atoms with Crippen molar-refractivity contribution in [2.24, 2.45) is 0 Å². The fourth-order valence-electron chi connectivity index (χ4n) is 4.26. The zero-order valence-corrected chi connectivity index (χ0v) is 25.7. The summed E-state index contributed by atoms with van der Waals surface area (Å²) in [5, 5.41) is 3.67. The first-order valence-corrected chi connectivity index (χ1v) is 15.5. The molecule has 0 aliphatic carbocycles. The van der Waals surface area contributed by atoms with Gasteiger partial charge in [-0.1, -0.05) is 67.7 Å². The molecule has 1 atom stereocenters. The number of nitrogens with one attached hydrogen (secondary N) is 1. The van der Waals surface area contributed by atoms with Crippen molar-refractivity contribution >= 4 is 50.7 Å². The Morgan fingerprint density at radius 1 is 0.976 bits per heavy atom. The molecule has 0 spiro atoms. The predicted octanol–water partition coefficient (Wildman–Crippen LogP) is 5.92. The first kappa shape index (κ1) is 32.2. The number of para-hydroxylation sites is 1. The number of anilines is 1. The van der Waals surface area contributed by atoms with Crippen molar-refractivity contribution in [3.63, 3.8) is 0 Å². The van der Waals surface area contributed by atoms with Crippen molar-refractivity contribution in [3.8, 4) is 5.75 Å². The van der Waals surface area contributed by atoms with Crippen LogP contribution in [0.25, 0.3) is 0 Å². The van der Waals surface area contributed by atoms with Crippen molar-refractivity contribution in [2.45, 2.75) is 50.6 Å². The summed E-state index contributed by atoms with van der Waals surface area (Å²) in [5.74, 6) is -0.379. The van der Waals surface area contributed by atoms with Gasteiger partial charge in [0.15, 0.2) is 0 Å². The second-order valence-corrected chi connectivity index (χ2v) is 12.1. The van der Waals surface area contributed by atoms with Gasteiger partial charge in [-0.05, 0) is 66.9 Å². The van der Waals surface area contributed by atoms with E-state index in [1.165, 1.54) is 24.1 Å². The third kappa shape index (κ3) is 8.38. The highest BCUT2D eigenvalue weighted by molar-refractivity contribution is 7.92. The molecular formula is C30H35Cl2N3O5S. The van der Waals surface area contributed by atoms with Gasteiger partial charge in [-0.3, -0.25) is 13.9 Å². The number of sulfonamides is 1. The minimum Gasteiger partial charge on any atom is -0.497 e. The van der Waals surface area contributed by atoms with E-state index in [4.69, 9.17) is 27.9 Å². The molecule has 0 bridgehead atoms. The summed E-state index contributed by atoms with van der Waals surface area (Å²) in [7, 11) is -2.69. The van der Waals surface area contributed by atoms with Gasteiger partial charge in [0.25, 0.3) is 10.0 Å². The highest BCUT2D eigenvalue weighted by Crippen LogP contribution is 2.27. The van der Waals surface area contributed by atoms with Crippen LogP contribution in [0.5, 0.6) is 5.75 Å². The van der Waals surface area contributed by atoms with Gasteiger partial charge in [-0.2, -0.15) is 0 Å². The highest BCUT2D eigenvalue weighted by atomic mass is 35.5. The van der Waals surface area contributed by atoms with Crippen molar-refractivity contribution in [1.82, 2.24) is 10.2 Å². The van der Waals surface area contributed by atoms with E-state index in [9.17, 15) is 18.0 Å². The van der Waals surface area contributed by atoms with Crippen LogP contribution >= 0.6 is 23.2 Å². The maximum Gasteiger partial charge on any atom is 0.264 e. The van der Waals surface area contributed by atoms with E-state index in [1.807, 2.05) is 6.92 Å². The van der Waals surface area contributed by atoms with Gasteiger partial charge in [-0.15, -0.1) is 0 Å². The predicted molar refractivity (Wildman–Crippen MR) is 163 cm³/mol. The Morgan fingerprint density at radius 3 is 2.24 bits per heavy atom. The molecule has 8 nitrogen and oxygen atoms in total. The maximum atomic E-state index is 14.1. The monoisotopic (exact) mass is 619 g/mol. The van der Waals surface area contributed by atoms with Crippen LogP contribution < -0.4 is 14.4 Å². The minimum absolute atomic E-state index is 0.00778. The van der Waals surface area contributed by atoms with Gasteiger partial charge in [0.05, 0.1) is 17.7 Å². The van der Waals surface area contributed by atoms with Gasteiger partial charge in [0.2, 0.25) is 11.8 Å². The Bertz CT molecular complexity index is 1420. The molecule has 41 heavy (non-hydrogen) atoms. The van der Waals surface area contributed by atoms with Crippen LogP contribution in [0.1, 0.15) is 38.7 Å². The number of halogens is 2. The Labute approximate surface area is 252 Å². The van der Waals surface area contributed by atoms with Gasteiger partial charge >= 0.3 is 0 Å². The van der Waals surface area contributed by atoms with Crippen LogP contribution in [0, 0.1) is 0 Å². The number of methoxy groups -OCH3 is 1. The van der Waals surface area contributed by atoms with Gasteiger partial charge in [0, 0.05) is 23.1 Å². The van der Waals surface area contributed by atoms with E-state index in [1.54, 1.807) is 67.6 Å². The minimum atomic E-state index is -4.18. The number of hydrogen-bond donors (Lipinski definition) is 1. The van der Waals surface area contributed by atoms with Crippen LogP contribution in [0.4, 0.5) is 5.69 Å². The lowest BCUT2D eigenvalue weighted by molar-refractivity contribution is -0.140. The van der Waals surface area contributed by atoms with Gasteiger partial charge in [0.1, 0.15) is 18.3 Å². The molecule has 0 radical (unpaired) electrons. The topological polar surface area (TPSA) is 96.0 Å². The standard InChI is InChI=1S/C30H35Cl2N3O5S/c1-4-6-18-33-30(37)28(5-2)34(20-22-12-13-23(31)19-27(22)32)29(36)21-35(24-10-8-7-9-11-24)41(38,39)26-16-14-25(40-3)15-17-26/h7-17,19,28H,4-6,18,20-21H2,1-3H3,(H,33,37)/t28-/m1/s1. The van der Waals surface area contributed by atoms with E-state index in [2.05, 4.69) is 5.32 Å². The summed E-state index contributed by atoms with van der Waals surface area (Å²) in [5.41, 5.74) is 0.884. The average molecular weight is 621 g/mol. The van der Waals surface area contributed by atoms with Crippen molar-refractivity contribution in [1.29, 1.82) is 0 Å². The number of amides is 2. The third-order valence-electron chi connectivity index (χ3n) is 6.54. The lowest BCUT2D eigenvalue weighted by Gasteiger charge is -2.33. The fourth-order valence-corrected chi connectivity index (χ4v) is 6.14. The largest absolute Gasteiger partial charge is 0.497 e. The molecule has 3 rings (SSSR count). The lowest BCUT2D eigenvalue weighted by Crippen LogP contribution is -2.52. The molecule has 0 unspecified atom stereocenters. The number of carbonyl (C=O) groups is 2. The molecule has 11 heteroatoms. The van der Waals surface area contributed by atoms with E-state index in [0.29, 0.717) is 40.0 Å². The molecule has 0 fully saturated rings. The van der Waals surface area contributed by atoms with Crippen LogP contribution in [0.3, 0.4) is 0 Å². The molecule has 1 N–H and O–H groups in total. The lowest BCUT2D eigenvalue weighted by atomic mass is 10.1. The normalized spacial score (nSPS) is 11.9. The number of ether oxygens (including phenoxy) is 1. The smallest absolute Gasteiger partial charge is 0.264 e. The van der Waals surface area contributed by atoms with Crippen LogP contribution in [0.15, 0.2) is 77.7 Å². The van der Waals surface area contributed by atoms with E-state index in [-0.39, 0.29) is 17.3 Å². The average Bonchev–Trinajstić information content (AvgIpc) is 2.97. The van der Waals surface area contributed by atoms with E-state index in [0.717, 1.165) is 17.1 Å². The molecule has 0 saturated heterocycles. The Balaban J connectivity index is 2.03. The summed E-state index contributed by atoms with van der Waals surface area (Å²) in [4.78, 5) is 28.7. The Hall–Kier alpha value is -3.27. The molecular weight excluding hydrogens is 585 g/mol. The summed E-state index contributed by atoms with van der Waals surface area (Å²) < 4.78 is 34.0. The van der Waals surface area contributed by atoms with Crippen LogP contribution in [-0.2, 0) is 26.2 Å². The quantitative estimate of drug-likeness (QED) is 0.226. The molecule has 220 valence electrons. The fraction of sp³-hybridized carbons (Fsp3) is 0.333. The molecule has 0 heterocycles. The summed E-state index contributed by atoms with van der Waals surface area (Å²) in [6, 6.07) is 18.4. The number of rotatable bonds is 14. The van der Waals surface area contributed by atoms with Crippen molar-refractivity contribution < 1.29 is 22.7 Å². The first-order valence-electron chi connectivity index (χ1n) is 13.3. The summed E-state index contributed by atoms with van der Waals surface area (Å²) in [6.45, 7) is 3.74. The number of carbonyl (C=O) groups excluding carboxylic acids is 2. The highest BCUT2D eigenvalue weighted by Gasteiger charge is 2.34. The molecule has 2 amide bonds. The second-order valence-electron chi connectivity index (χ2n) is 9.35. The number of hydrogen-bond acceptors (Lipinski definition) is 5. The first-order chi connectivity index (χ1) is 19.6. The van der Waals surface area contributed by atoms with Crippen LogP contribution in [-0.4, -0.2) is 51.4 Å². The molecule has 3 aromatic carbocycles.